The maximum Gasteiger partial charge on any atom is 0.325 e. The van der Waals surface area contributed by atoms with E-state index in [0.29, 0.717) is 22.4 Å². The van der Waals surface area contributed by atoms with E-state index in [2.05, 4.69) is 15.0 Å². The summed E-state index contributed by atoms with van der Waals surface area (Å²) in [5, 5.41) is 11.1. The number of ether oxygens (including phenoxy) is 1. The minimum absolute atomic E-state index is 0.328. The Bertz CT molecular complexity index is 834. The Kier molecular flexibility index (Phi) is 2.45. The summed E-state index contributed by atoms with van der Waals surface area (Å²) in [4.78, 5) is 30.9. The maximum atomic E-state index is 11.2. The van der Waals surface area contributed by atoms with E-state index in [-0.39, 0.29) is 5.69 Å². The van der Waals surface area contributed by atoms with Gasteiger partial charge in [-0.1, -0.05) is 0 Å². The van der Waals surface area contributed by atoms with Gasteiger partial charge >= 0.3 is 5.69 Å². The van der Waals surface area contributed by atoms with Gasteiger partial charge in [0.05, 0.1) is 17.0 Å². The number of carboxylic acids is 1. The molecule has 0 radical (unpaired) electrons. The molecule has 0 saturated heterocycles. The first-order chi connectivity index (χ1) is 9.11. The lowest BCUT2D eigenvalue weighted by molar-refractivity contribution is -0.307. The Morgan fingerprint density at radius 2 is 2.16 bits per heavy atom. The van der Waals surface area contributed by atoms with Gasteiger partial charge in [-0.15, -0.1) is 0 Å². The summed E-state index contributed by atoms with van der Waals surface area (Å²) in [6, 6.07) is 6.68. The van der Waals surface area contributed by atoms with E-state index in [1.165, 1.54) is 0 Å². The number of hydrogen-bond donors (Lipinski definition) is 2. The maximum absolute atomic E-state index is 11.2. The molecule has 0 aliphatic heterocycles. The zero-order chi connectivity index (χ0) is 13.4. The molecule has 3 rings (SSSR count). The monoisotopic (exact) mass is 258 g/mol. The first kappa shape index (κ1) is 11.3. The molecule has 0 atom stereocenters. The average Bonchev–Trinajstić information content (AvgIpc) is 2.72. The minimum atomic E-state index is -1.29. The van der Waals surface area contributed by atoms with Crippen LogP contribution in [0.5, 0.6) is 5.75 Å². The van der Waals surface area contributed by atoms with Crippen molar-refractivity contribution in [3.63, 3.8) is 0 Å². The summed E-state index contributed by atoms with van der Waals surface area (Å²) < 4.78 is 5.02. The second-order valence-electron chi connectivity index (χ2n) is 3.98. The van der Waals surface area contributed by atoms with Crippen molar-refractivity contribution < 1.29 is 14.6 Å². The zero-order valence-electron chi connectivity index (χ0n) is 9.60. The number of fused-ring (bicyclic) bond motifs is 2. The summed E-state index contributed by atoms with van der Waals surface area (Å²) in [5.41, 5.74) is 1.39. The van der Waals surface area contributed by atoms with E-state index in [4.69, 9.17) is 4.74 Å². The number of H-pyrrole nitrogens is 2. The van der Waals surface area contributed by atoms with Gasteiger partial charge in [0.15, 0.2) is 5.65 Å². The third-order valence-corrected chi connectivity index (χ3v) is 2.62. The van der Waals surface area contributed by atoms with Crippen LogP contribution in [0.2, 0.25) is 0 Å². The Labute approximate surface area is 105 Å². The number of pyridine rings is 1. The molecule has 96 valence electrons. The number of hydrogen-bond acceptors (Lipinski definition) is 5. The molecule has 3 aromatic rings. The van der Waals surface area contributed by atoms with Gasteiger partial charge < -0.3 is 19.6 Å². The molecule has 0 aliphatic rings. The number of carbonyl (C=O) groups is 1. The smallest absolute Gasteiger partial charge is 0.325 e. The molecule has 0 fully saturated rings. The van der Waals surface area contributed by atoms with Crippen LogP contribution in [-0.4, -0.2) is 27.5 Å². The minimum Gasteiger partial charge on any atom is -0.546 e. The Morgan fingerprint density at radius 3 is 2.95 bits per heavy atom. The largest absolute Gasteiger partial charge is 0.546 e. The topological polar surface area (TPSA) is 111 Å². The van der Waals surface area contributed by atoms with Gasteiger partial charge in [-0.25, -0.2) is 9.78 Å². The van der Waals surface area contributed by atoms with Gasteiger partial charge in [0.2, 0.25) is 0 Å². The first-order valence-corrected chi connectivity index (χ1v) is 5.47. The molecule has 0 bridgehead atoms. The molecule has 19 heavy (non-hydrogen) atoms. The highest BCUT2D eigenvalue weighted by molar-refractivity contribution is 5.90. The lowest BCUT2D eigenvalue weighted by atomic mass is 10.2. The van der Waals surface area contributed by atoms with Crippen molar-refractivity contribution in [3.05, 3.63) is 34.7 Å². The zero-order valence-corrected chi connectivity index (χ0v) is 9.60. The third-order valence-electron chi connectivity index (χ3n) is 2.62. The van der Waals surface area contributed by atoms with E-state index in [0.717, 1.165) is 5.39 Å². The molecular formula is C12H8N3O4-. The van der Waals surface area contributed by atoms with Crippen LogP contribution in [0.15, 0.2) is 29.1 Å². The van der Waals surface area contributed by atoms with E-state index < -0.39 is 12.6 Å². The lowest BCUT2D eigenvalue weighted by Gasteiger charge is -2.07. The predicted octanol–water partition coefficient (Wildman–Crippen LogP) is -0.467. The van der Waals surface area contributed by atoms with Crippen molar-refractivity contribution in [2.75, 3.05) is 6.61 Å². The molecular weight excluding hydrogens is 250 g/mol. The number of aromatic nitrogens is 3. The van der Waals surface area contributed by atoms with Gasteiger partial charge in [0.25, 0.3) is 0 Å². The van der Waals surface area contributed by atoms with Crippen molar-refractivity contribution in [3.8, 4) is 5.75 Å². The normalized spacial score (nSPS) is 10.9. The van der Waals surface area contributed by atoms with Crippen molar-refractivity contribution >= 4 is 28.0 Å². The van der Waals surface area contributed by atoms with E-state index in [9.17, 15) is 14.7 Å². The number of aromatic amines is 2. The molecule has 0 unspecified atom stereocenters. The van der Waals surface area contributed by atoms with Crippen LogP contribution >= 0.6 is 0 Å². The fraction of sp³-hybridized carbons (Fsp3) is 0.0833. The number of carboxylic acid groups (broad SMARTS) is 1. The molecule has 1 aromatic carbocycles. The van der Waals surface area contributed by atoms with Gasteiger partial charge in [0.1, 0.15) is 12.4 Å². The van der Waals surface area contributed by atoms with Gasteiger partial charge in [-0.3, -0.25) is 4.98 Å². The molecule has 0 saturated carbocycles. The van der Waals surface area contributed by atoms with Gasteiger partial charge in [-0.2, -0.15) is 0 Å². The van der Waals surface area contributed by atoms with Crippen LogP contribution in [-0.2, 0) is 4.79 Å². The summed E-state index contributed by atoms with van der Waals surface area (Å²) in [6.07, 6.45) is 0. The van der Waals surface area contributed by atoms with Crippen LogP contribution in [0.25, 0.3) is 22.1 Å². The van der Waals surface area contributed by atoms with E-state index in [1.807, 2.05) is 0 Å². The van der Waals surface area contributed by atoms with E-state index in [1.54, 1.807) is 24.3 Å². The highest BCUT2D eigenvalue weighted by Crippen LogP contribution is 2.21. The fourth-order valence-corrected chi connectivity index (χ4v) is 1.84. The summed E-state index contributed by atoms with van der Waals surface area (Å²) in [5.74, 6) is -0.889. The van der Waals surface area contributed by atoms with Crippen molar-refractivity contribution in [1.82, 2.24) is 15.0 Å². The Hall–Kier alpha value is -2.83. The second kappa shape index (κ2) is 4.13. The van der Waals surface area contributed by atoms with Crippen molar-refractivity contribution in [2.45, 2.75) is 0 Å². The Morgan fingerprint density at radius 1 is 1.32 bits per heavy atom. The van der Waals surface area contributed by atoms with E-state index >= 15 is 0 Å². The summed E-state index contributed by atoms with van der Waals surface area (Å²) in [7, 11) is 0. The number of nitrogens with one attached hydrogen (secondary N) is 2. The fourth-order valence-electron chi connectivity index (χ4n) is 1.84. The van der Waals surface area contributed by atoms with Crippen molar-refractivity contribution in [2.24, 2.45) is 0 Å². The van der Waals surface area contributed by atoms with Gasteiger partial charge in [-0.05, 0) is 24.3 Å². The molecule has 2 N–H and O–H groups in total. The van der Waals surface area contributed by atoms with Crippen LogP contribution in [0.3, 0.4) is 0 Å². The molecule has 2 heterocycles. The number of benzene rings is 1. The number of rotatable bonds is 3. The van der Waals surface area contributed by atoms with Crippen LogP contribution in [0, 0.1) is 0 Å². The number of carbonyl (C=O) groups excluding carboxylic acids is 1. The molecule has 0 aliphatic carbocycles. The number of imidazole rings is 1. The first-order valence-electron chi connectivity index (χ1n) is 5.47. The molecule has 0 spiro atoms. The summed E-state index contributed by atoms with van der Waals surface area (Å²) in [6.45, 7) is -0.512. The number of aliphatic carboxylic acids is 1. The van der Waals surface area contributed by atoms with Crippen LogP contribution in [0.1, 0.15) is 0 Å². The van der Waals surface area contributed by atoms with Crippen LogP contribution < -0.4 is 15.5 Å². The highest BCUT2D eigenvalue weighted by Gasteiger charge is 2.04. The van der Waals surface area contributed by atoms with Gasteiger partial charge in [0, 0.05) is 5.39 Å². The molecule has 7 heteroatoms. The SMILES string of the molecule is O=C([O-])COc1ccc2nc3[nH]c(=O)[nH]c3cc2c1. The Balaban J connectivity index is 2.08. The quantitative estimate of drug-likeness (QED) is 0.660. The number of nitrogens with zero attached hydrogens (tertiary/aromatic N) is 1. The molecule has 2 aromatic heterocycles. The highest BCUT2D eigenvalue weighted by atomic mass is 16.5. The molecule has 0 amide bonds. The standard InChI is InChI=1S/C12H9N3O4/c16-10(17)5-19-7-1-2-8-6(3-7)4-9-11(13-8)15-12(18)14-9/h1-4H,5H2,(H,16,17)(H2,13,14,15,18)/p-1. The van der Waals surface area contributed by atoms with Crippen LogP contribution in [0.4, 0.5) is 0 Å². The lowest BCUT2D eigenvalue weighted by Crippen LogP contribution is -2.28. The molecule has 7 nitrogen and oxygen atoms in total. The predicted molar refractivity (Wildman–Crippen MR) is 64.7 cm³/mol. The summed E-state index contributed by atoms with van der Waals surface area (Å²) >= 11 is 0. The van der Waals surface area contributed by atoms with Crippen molar-refractivity contribution in [1.29, 1.82) is 0 Å². The second-order valence-corrected chi connectivity index (χ2v) is 3.98. The average molecular weight is 258 g/mol. The third kappa shape index (κ3) is 2.13.